The number of nitrogens with zero attached hydrogens (tertiary/aromatic N) is 1. The summed E-state index contributed by atoms with van der Waals surface area (Å²) in [6.07, 6.45) is 7.69. The molecule has 4 unspecified atom stereocenters. The van der Waals surface area contributed by atoms with Gasteiger partial charge in [0.1, 0.15) is 0 Å². The molecule has 0 radical (unpaired) electrons. The first-order valence-electron chi connectivity index (χ1n) is 7.12. The lowest BCUT2D eigenvalue weighted by molar-refractivity contribution is -0.136. The van der Waals surface area contributed by atoms with Crippen molar-refractivity contribution in [2.24, 2.45) is 23.7 Å². The van der Waals surface area contributed by atoms with Gasteiger partial charge in [-0.3, -0.25) is 4.79 Å². The minimum atomic E-state index is 0.400. The SMILES string of the molecule is O=C(C1CC2CCC1C2)N1CCC(CCBr)C1. The number of carbonyl (C=O) groups is 1. The van der Waals surface area contributed by atoms with E-state index in [1.165, 1.54) is 38.5 Å². The summed E-state index contributed by atoms with van der Waals surface area (Å²) in [5.41, 5.74) is 0. The van der Waals surface area contributed by atoms with Crippen molar-refractivity contribution < 1.29 is 4.79 Å². The molecule has 0 N–H and O–H groups in total. The molecule has 96 valence electrons. The van der Waals surface area contributed by atoms with E-state index in [-0.39, 0.29) is 0 Å². The number of hydrogen-bond acceptors (Lipinski definition) is 1. The molecule has 2 bridgehead atoms. The second-order valence-corrected chi connectivity index (χ2v) is 6.99. The Morgan fingerprint density at radius 3 is 2.76 bits per heavy atom. The Labute approximate surface area is 112 Å². The molecule has 1 heterocycles. The molecule has 3 rings (SSSR count). The molecule has 2 nitrogen and oxygen atoms in total. The van der Waals surface area contributed by atoms with Gasteiger partial charge in [0, 0.05) is 24.3 Å². The molecule has 0 aromatic heterocycles. The van der Waals surface area contributed by atoms with Crippen LogP contribution in [0.2, 0.25) is 0 Å². The summed E-state index contributed by atoms with van der Waals surface area (Å²) in [5.74, 6) is 3.26. The molecule has 3 aliphatic rings. The van der Waals surface area contributed by atoms with E-state index >= 15 is 0 Å². The van der Waals surface area contributed by atoms with Crippen molar-refractivity contribution in [3.05, 3.63) is 0 Å². The Morgan fingerprint density at radius 2 is 2.12 bits per heavy atom. The topological polar surface area (TPSA) is 20.3 Å². The molecule has 17 heavy (non-hydrogen) atoms. The van der Waals surface area contributed by atoms with Crippen LogP contribution < -0.4 is 0 Å². The number of rotatable bonds is 3. The van der Waals surface area contributed by atoms with Gasteiger partial charge in [0.15, 0.2) is 0 Å². The fourth-order valence-corrected chi connectivity index (χ4v) is 4.85. The Kier molecular flexibility index (Phi) is 3.47. The smallest absolute Gasteiger partial charge is 0.225 e. The quantitative estimate of drug-likeness (QED) is 0.734. The van der Waals surface area contributed by atoms with Crippen LogP contribution >= 0.6 is 15.9 Å². The summed E-state index contributed by atoms with van der Waals surface area (Å²) in [4.78, 5) is 14.7. The molecule has 0 aromatic carbocycles. The Balaban J connectivity index is 1.57. The highest BCUT2D eigenvalue weighted by molar-refractivity contribution is 9.09. The third-order valence-electron chi connectivity index (χ3n) is 5.17. The highest BCUT2D eigenvalue weighted by atomic mass is 79.9. The van der Waals surface area contributed by atoms with Gasteiger partial charge >= 0.3 is 0 Å². The first-order valence-corrected chi connectivity index (χ1v) is 8.25. The van der Waals surface area contributed by atoms with E-state index in [0.29, 0.717) is 11.8 Å². The molecule has 1 aliphatic heterocycles. The van der Waals surface area contributed by atoms with Crippen LogP contribution in [0.4, 0.5) is 0 Å². The summed E-state index contributed by atoms with van der Waals surface area (Å²) in [7, 11) is 0. The van der Waals surface area contributed by atoms with E-state index in [2.05, 4.69) is 20.8 Å². The minimum Gasteiger partial charge on any atom is -0.342 e. The van der Waals surface area contributed by atoms with Crippen molar-refractivity contribution in [1.82, 2.24) is 4.90 Å². The van der Waals surface area contributed by atoms with E-state index in [1.54, 1.807) is 0 Å². The van der Waals surface area contributed by atoms with E-state index in [0.717, 1.165) is 36.2 Å². The zero-order valence-corrected chi connectivity index (χ0v) is 12.0. The number of halogens is 1. The van der Waals surface area contributed by atoms with Crippen LogP contribution in [0.15, 0.2) is 0 Å². The normalized spacial score (nSPS) is 40.2. The maximum absolute atomic E-state index is 12.5. The number of hydrogen-bond donors (Lipinski definition) is 0. The van der Waals surface area contributed by atoms with E-state index < -0.39 is 0 Å². The molecule has 4 atom stereocenters. The summed E-state index contributed by atoms with van der Waals surface area (Å²) in [6, 6.07) is 0. The Hall–Kier alpha value is -0.0500. The summed E-state index contributed by atoms with van der Waals surface area (Å²) in [5, 5.41) is 1.08. The van der Waals surface area contributed by atoms with Crippen LogP contribution in [0.25, 0.3) is 0 Å². The second-order valence-electron chi connectivity index (χ2n) is 6.20. The van der Waals surface area contributed by atoms with Crippen molar-refractivity contribution in [1.29, 1.82) is 0 Å². The molecule has 3 heteroatoms. The van der Waals surface area contributed by atoms with Crippen LogP contribution in [-0.2, 0) is 4.79 Å². The van der Waals surface area contributed by atoms with Crippen molar-refractivity contribution in [3.63, 3.8) is 0 Å². The van der Waals surface area contributed by atoms with Crippen LogP contribution in [0.1, 0.15) is 38.5 Å². The minimum absolute atomic E-state index is 0.400. The molecule has 2 aliphatic carbocycles. The van der Waals surface area contributed by atoms with Gasteiger partial charge in [-0.25, -0.2) is 0 Å². The first-order chi connectivity index (χ1) is 8.28. The van der Waals surface area contributed by atoms with Crippen LogP contribution in [0, 0.1) is 23.7 Å². The lowest BCUT2D eigenvalue weighted by atomic mass is 9.88. The van der Waals surface area contributed by atoms with E-state index in [1.807, 2.05) is 0 Å². The maximum Gasteiger partial charge on any atom is 0.225 e. The standard InChI is InChI=1S/C14H22BrNO/c15-5-3-10-4-6-16(9-10)14(17)13-8-11-1-2-12(13)7-11/h10-13H,1-9H2. The maximum atomic E-state index is 12.5. The predicted octanol–water partition coefficient (Wildman–Crippen LogP) is 3.06. The third-order valence-corrected chi connectivity index (χ3v) is 5.63. The Morgan fingerprint density at radius 1 is 1.24 bits per heavy atom. The molecule has 3 fully saturated rings. The average molecular weight is 300 g/mol. The second kappa shape index (κ2) is 4.91. The molecule has 2 saturated carbocycles. The summed E-state index contributed by atoms with van der Waals surface area (Å²) >= 11 is 3.51. The van der Waals surface area contributed by atoms with Gasteiger partial charge in [-0.2, -0.15) is 0 Å². The van der Waals surface area contributed by atoms with Gasteiger partial charge in [-0.1, -0.05) is 22.4 Å². The van der Waals surface area contributed by atoms with Crippen LogP contribution in [-0.4, -0.2) is 29.2 Å². The zero-order chi connectivity index (χ0) is 11.8. The highest BCUT2D eigenvalue weighted by Crippen LogP contribution is 2.49. The first kappa shape index (κ1) is 12.0. The van der Waals surface area contributed by atoms with Gasteiger partial charge in [0.05, 0.1) is 0 Å². The highest BCUT2D eigenvalue weighted by Gasteiger charge is 2.45. The lowest BCUT2D eigenvalue weighted by Crippen LogP contribution is -2.36. The molecule has 0 spiro atoms. The number of carbonyl (C=O) groups excluding carboxylic acids is 1. The fourth-order valence-electron chi connectivity index (χ4n) is 4.20. The van der Waals surface area contributed by atoms with Gasteiger partial charge in [0.2, 0.25) is 5.91 Å². The van der Waals surface area contributed by atoms with Gasteiger partial charge in [-0.05, 0) is 49.9 Å². The summed E-state index contributed by atoms with van der Waals surface area (Å²) in [6.45, 7) is 2.04. The molecule has 1 amide bonds. The van der Waals surface area contributed by atoms with Gasteiger partial charge < -0.3 is 4.90 Å². The van der Waals surface area contributed by atoms with Crippen molar-refractivity contribution in [2.75, 3.05) is 18.4 Å². The van der Waals surface area contributed by atoms with Gasteiger partial charge in [0.25, 0.3) is 0 Å². The monoisotopic (exact) mass is 299 g/mol. The van der Waals surface area contributed by atoms with Crippen molar-refractivity contribution in [2.45, 2.75) is 38.5 Å². The predicted molar refractivity (Wildman–Crippen MR) is 72.0 cm³/mol. The van der Waals surface area contributed by atoms with E-state index in [4.69, 9.17) is 0 Å². The zero-order valence-electron chi connectivity index (χ0n) is 10.4. The lowest BCUT2D eigenvalue weighted by Gasteiger charge is -2.26. The average Bonchev–Trinajstić information content (AvgIpc) is 3.03. The molecule has 0 aromatic rings. The Bertz CT molecular complexity index is 307. The van der Waals surface area contributed by atoms with Crippen LogP contribution in [0.3, 0.4) is 0 Å². The van der Waals surface area contributed by atoms with Crippen molar-refractivity contribution >= 4 is 21.8 Å². The molecular weight excluding hydrogens is 278 g/mol. The fraction of sp³-hybridized carbons (Fsp3) is 0.929. The van der Waals surface area contributed by atoms with Crippen molar-refractivity contribution in [3.8, 4) is 0 Å². The number of likely N-dealkylation sites (tertiary alicyclic amines) is 1. The molecule has 1 saturated heterocycles. The third kappa shape index (κ3) is 2.27. The van der Waals surface area contributed by atoms with E-state index in [9.17, 15) is 4.79 Å². The number of alkyl halides is 1. The largest absolute Gasteiger partial charge is 0.342 e. The summed E-state index contributed by atoms with van der Waals surface area (Å²) < 4.78 is 0. The number of amides is 1. The molecular formula is C14H22BrNO. The van der Waals surface area contributed by atoms with Gasteiger partial charge in [-0.15, -0.1) is 0 Å². The number of fused-ring (bicyclic) bond motifs is 2. The van der Waals surface area contributed by atoms with Crippen LogP contribution in [0.5, 0.6) is 0 Å².